The Balaban J connectivity index is 2.12. The van der Waals surface area contributed by atoms with Gasteiger partial charge in [0, 0.05) is 28.9 Å². The first-order valence-electron chi connectivity index (χ1n) is 7.02. The predicted molar refractivity (Wildman–Crippen MR) is 89.2 cm³/mol. The van der Waals surface area contributed by atoms with Gasteiger partial charge in [-0.25, -0.2) is 8.78 Å². The summed E-state index contributed by atoms with van der Waals surface area (Å²) in [6.07, 6.45) is -2.34. The Kier molecular flexibility index (Phi) is 6.26. The highest BCUT2D eigenvalue weighted by Gasteiger charge is 2.34. The topological polar surface area (TPSA) is 63.0 Å². The van der Waals surface area contributed by atoms with Gasteiger partial charge in [-0.15, -0.1) is 0 Å². The maximum absolute atomic E-state index is 12.8. The number of ether oxygens (including phenoxy) is 1. The molecule has 1 amide bonds. The molecule has 0 radical (unpaired) electrons. The molecule has 1 aromatic rings. The van der Waals surface area contributed by atoms with Crippen molar-refractivity contribution in [2.45, 2.75) is 25.5 Å². The predicted octanol–water partition coefficient (Wildman–Crippen LogP) is 3.51. The standard InChI is InChI=1S/C15H15Cl2F2N3O2/c1-7(13(24-2)9-4-3-8(16)5-11(9)17)21-15(23)10-6-20-22-12(10)14(18)19/h3-7,10,13-14H,1-2H3,(H,21,23). The summed E-state index contributed by atoms with van der Waals surface area (Å²) in [5.74, 6) is -1.82. The highest BCUT2D eigenvalue weighted by atomic mass is 35.5. The maximum Gasteiger partial charge on any atom is 0.279 e. The van der Waals surface area contributed by atoms with E-state index < -0.39 is 36.1 Å². The van der Waals surface area contributed by atoms with Crippen molar-refractivity contribution in [1.82, 2.24) is 5.32 Å². The van der Waals surface area contributed by atoms with E-state index in [0.717, 1.165) is 6.21 Å². The minimum Gasteiger partial charge on any atom is -0.375 e. The van der Waals surface area contributed by atoms with Gasteiger partial charge in [-0.3, -0.25) is 4.79 Å². The van der Waals surface area contributed by atoms with Crippen LogP contribution in [0.25, 0.3) is 0 Å². The SMILES string of the molecule is COC(c1ccc(Cl)cc1Cl)C(C)NC(=O)C1C=NN=C1C(F)F. The molecular weight excluding hydrogens is 363 g/mol. The molecule has 0 saturated heterocycles. The van der Waals surface area contributed by atoms with E-state index in [9.17, 15) is 13.6 Å². The number of nitrogens with one attached hydrogen (secondary N) is 1. The van der Waals surface area contributed by atoms with Crippen LogP contribution in [-0.4, -0.2) is 37.4 Å². The van der Waals surface area contributed by atoms with Gasteiger partial charge in [-0.2, -0.15) is 10.2 Å². The van der Waals surface area contributed by atoms with E-state index in [1.807, 2.05) is 0 Å². The van der Waals surface area contributed by atoms with Crippen molar-refractivity contribution in [2.75, 3.05) is 7.11 Å². The zero-order valence-electron chi connectivity index (χ0n) is 12.8. The number of methoxy groups -OCH3 is 1. The third-order valence-corrected chi connectivity index (χ3v) is 4.12. The normalized spacial score (nSPS) is 19.3. The highest BCUT2D eigenvalue weighted by Crippen LogP contribution is 2.30. The molecule has 1 aromatic carbocycles. The Bertz CT molecular complexity index is 683. The number of carbonyl (C=O) groups is 1. The highest BCUT2D eigenvalue weighted by molar-refractivity contribution is 6.35. The molecule has 130 valence electrons. The molecule has 0 aromatic heterocycles. The summed E-state index contributed by atoms with van der Waals surface area (Å²) >= 11 is 12.0. The molecule has 0 bridgehead atoms. The first kappa shape index (κ1) is 18.8. The maximum atomic E-state index is 12.8. The lowest BCUT2D eigenvalue weighted by molar-refractivity contribution is -0.123. The number of halogens is 4. The molecule has 9 heteroatoms. The van der Waals surface area contributed by atoms with Crippen LogP contribution in [0.3, 0.4) is 0 Å². The fourth-order valence-electron chi connectivity index (χ4n) is 2.41. The second-order valence-corrected chi connectivity index (χ2v) is 6.03. The largest absolute Gasteiger partial charge is 0.375 e. The number of rotatable bonds is 6. The summed E-state index contributed by atoms with van der Waals surface area (Å²) in [7, 11) is 1.46. The van der Waals surface area contributed by atoms with Gasteiger partial charge >= 0.3 is 0 Å². The van der Waals surface area contributed by atoms with Crippen LogP contribution in [0.1, 0.15) is 18.6 Å². The van der Waals surface area contributed by atoms with Gasteiger partial charge in [0.05, 0.1) is 6.04 Å². The number of alkyl halides is 2. The van der Waals surface area contributed by atoms with Gasteiger partial charge in [0.15, 0.2) is 0 Å². The molecule has 1 aliphatic rings. The van der Waals surface area contributed by atoms with Crippen molar-refractivity contribution in [1.29, 1.82) is 0 Å². The van der Waals surface area contributed by atoms with Crippen LogP contribution in [0.2, 0.25) is 10.0 Å². The average molecular weight is 378 g/mol. The summed E-state index contributed by atoms with van der Waals surface area (Å²) in [6, 6.07) is 4.36. The molecule has 3 unspecified atom stereocenters. The molecule has 0 spiro atoms. The molecule has 5 nitrogen and oxygen atoms in total. The number of hydrogen-bond donors (Lipinski definition) is 1. The summed E-state index contributed by atoms with van der Waals surface area (Å²) < 4.78 is 31.0. The molecule has 0 aliphatic carbocycles. The zero-order chi connectivity index (χ0) is 17.9. The van der Waals surface area contributed by atoms with Crippen LogP contribution in [0.5, 0.6) is 0 Å². The van der Waals surface area contributed by atoms with Gasteiger partial charge in [0.25, 0.3) is 6.43 Å². The van der Waals surface area contributed by atoms with Crippen LogP contribution in [0.4, 0.5) is 8.78 Å². The lowest BCUT2D eigenvalue weighted by Gasteiger charge is -2.26. The number of nitrogens with zero attached hydrogens (tertiary/aromatic N) is 2. The molecule has 2 rings (SSSR count). The number of carbonyl (C=O) groups excluding carboxylic acids is 1. The Hall–Kier alpha value is -1.57. The number of hydrogen-bond acceptors (Lipinski definition) is 4. The second-order valence-electron chi connectivity index (χ2n) is 5.19. The lowest BCUT2D eigenvalue weighted by Crippen LogP contribution is -2.44. The van der Waals surface area contributed by atoms with E-state index in [2.05, 4.69) is 15.5 Å². The summed E-state index contributed by atoms with van der Waals surface area (Å²) in [5.41, 5.74) is 0.0531. The molecule has 24 heavy (non-hydrogen) atoms. The monoisotopic (exact) mass is 377 g/mol. The minimum atomic E-state index is -2.84. The quantitative estimate of drug-likeness (QED) is 0.824. The smallest absolute Gasteiger partial charge is 0.279 e. The molecule has 1 heterocycles. The summed E-state index contributed by atoms with van der Waals surface area (Å²) in [5, 5.41) is 10.2. The van der Waals surface area contributed by atoms with Gasteiger partial charge in [-0.05, 0) is 19.1 Å². The average Bonchev–Trinajstić information content (AvgIpc) is 3.00. The molecule has 0 saturated carbocycles. The summed E-state index contributed by atoms with van der Waals surface area (Å²) in [4.78, 5) is 12.2. The van der Waals surface area contributed by atoms with E-state index in [0.29, 0.717) is 15.6 Å². The van der Waals surface area contributed by atoms with E-state index >= 15 is 0 Å². The molecule has 1 N–H and O–H groups in total. The van der Waals surface area contributed by atoms with Crippen molar-refractivity contribution < 1.29 is 18.3 Å². The summed E-state index contributed by atoms with van der Waals surface area (Å²) in [6.45, 7) is 1.68. The van der Waals surface area contributed by atoms with Crippen molar-refractivity contribution in [3.05, 3.63) is 33.8 Å². The third kappa shape index (κ3) is 4.09. The van der Waals surface area contributed by atoms with Gasteiger partial charge < -0.3 is 10.1 Å². The van der Waals surface area contributed by atoms with Crippen molar-refractivity contribution in [3.63, 3.8) is 0 Å². The first-order chi connectivity index (χ1) is 11.3. The Morgan fingerprint density at radius 3 is 2.67 bits per heavy atom. The van der Waals surface area contributed by atoms with Crippen LogP contribution in [0, 0.1) is 5.92 Å². The zero-order valence-corrected chi connectivity index (χ0v) is 14.4. The van der Waals surface area contributed by atoms with Crippen LogP contribution >= 0.6 is 23.2 Å². The van der Waals surface area contributed by atoms with Crippen LogP contribution in [-0.2, 0) is 9.53 Å². The Morgan fingerprint density at radius 2 is 2.08 bits per heavy atom. The van der Waals surface area contributed by atoms with Gasteiger partial charge in [0.2, 0.25) is 5.91 Å². The van der Waals surface area contributed by atoms with E-state index in [1.54, 1.807) is 25.1 Å². The minimum absolute atomic E-state index is 0.382. The van der Waals surface area contributed by atoms with Crippen molar-refractivity contribution >= 4 is 41.0 Å². The number of amides is 1. The van der Waals surface area contributed by atoms with Gasteiger partial charge in [-0.1, -0.05) is 29.3 Å². The van der Waals surface area contributed by atoms with Crippen molar-refractivity contribution in [2.24, 2.45) is 16.1 Å². The van der Waals surface area contributed by atoms with Crippen LogP contribution in [0.15, 0.2) is 28.4 Å². The first-order valence-corrected chi connectivity index (χ1v) is 7.78. The van der Waals surface area contributed by atoms with Gasteiger partial charge in [0.1, 0.15) is 17.7 Å². The van der Waals surface area contributed by atoms with Crippen LogP contribution < -0.4 is 5.32 Å². The fourth-order valence-corrected chi connectivity index (χ4v) is 2.93. The fraction of sp³-hybridized carbons (Fsp3) is 0.400. The van der Waals surface area contributed by atoms with E-state index in [-0.39, 0.29) is 0 Å². The van der Waals surface area contributed by atoms with Crippen molar-refractivity contribution in [3.8, 4) is 0 Å². The van der Waals surface area contributed by atoms with E-state index in [4.69, 9.17) is 27.9 Å². The molecule has 3 atom stereocenters. The lowest BCUT2D eigenvalue weighted by atomic mass is 10.0. The molecule has 1 aliphatic heterocycles. The second kappa shape index (κ2) is 8.00. The Labute approximate surface area is 147 Å². The van der Waals surface area contributed by atoms with E-state index in [1.165, 1.54) is 7.11 Å². The number of benzene rings is 1. The molecular formula is C15H15Cl2F2N3O2. The Morgan fingerprint density at radius 1 is 1.38 bits per heavy atom. The molecule has 0 fully saturated rings. The third-order valence-electron chi connectivity index (χ3n) is 3.56.